The first-order valence-electron chi connectivity index (χ1n) is 6.07. The van der Waals surface area contributed by atoms with Crippen LogP contribution in [0.1, 0.15) is 18.4 Å². The molecule has 2 heterocycles. The van der Waals surface area contributed by atoms with Gasteiger partial charge in [-0.2, -0.15) is 0 Å². The van der Waals surface area contributed by atoms with Crippen LogP contribution >= 0.6 is 0 Å². The minimum Gasteiger partial charge on any atom is -0.351 e. The molecule has 1 aromatic heterocycles. The molecule has 2 aliphatic rings. The lowest BCUT2D eigenvalue weighted by Crippen LogP contribution is -2.21. The van der Waals surface area contributed by atoms with Crippen molar-refractivity contribution >= 4 is 5.95 Å². The predicted molar refractivity (Wildman–Crippen MR) is 63.3 cm³/mol. The molecule has 0 unspecified atom stereocenters. The Morgan fingerprint density at radius 2 is 1.81 bits per heavy atom. The van der Waals surface area contributed by atoms with E-state index in [0.29, 0.717) is 6.04 Å². The van der Waals surface area contributed by atoms with Crippen LogP contribution in [-0.4, -0.2) is 29.1 Å². The summed E-state index contributed by atoms with van der Waals surface area (Å²) in [5, 5.41) is 6.90. The number of fused-ring (bicyclic) bond motifs is 1. The summed E-state index contributed by atoms with van der Waals surface area (Å²) in [6, 6.07) is 0.569. The van der Waals surface area contributed by atoms with Gasteiger partial charge >= 0.3 is 0 Å². The van der Waals surface area contributed by atoms with Gasteiger partial charge in [-0.1, -0.05) is 0 Å². The normalized spacial score (nSPS) is 32.7. The fourth-order valence-electron chi connectivity index (χ4n) is 2.93. The first-order chi connectivity index (χ1) is 7.81. The van der Waals surface area contributed by atoms with E-state index in [1.54, 1.807) is 0 Å². The number of aromatic nitrogens is 2. The Hall–Kier alpha value is -1.16. The molecule has 1 aliphatic carbocycles. The van der Waals surface area contributed by atoms with E-state index in [0.717, 1.165) is 23.3 Å². The first-order valence-corrected chi connectivity index (χ1v) is 6.07. The van der Waals surface area contributed by atoms with Crippen molar-refractivity contribution in [1.29, 1.82) is 0 Å². The maximum atomic E-state index is 4.30. The molecular weight excluding hydrogens is 200 g/mol. The van der Waals surface area contributed by atoms with Crippen LogP contribution in [0.25, 0.3) is 0 Å². The Bertz CT molecular complexity index is 350. The smallest absolute Gasteiger partial charge is 0.222 e. The summed E-state index contributed by atoms with van der Waals surface area (Å²) in [5.41, 5.74) is 1.11. The molecule has 1 aliphatic heterocycles. The van der Waals surface area contributed by atoms with E-state index in [9.17, 15) is 0 Å². The van der Waals surface area contributed by atoms with Gasteiger partial charge in [-0.25, -0.2) is 9.97 Å². The molecule has 16 heavy (non-hydrogen) atoms. The number of nitrogens with zero attached hydrogens (tertiary/aromatic N) is 2. The molecule has 0 bridgehead atoms. The fraction of sp³-hybridized carbons (Fsp3) is 0.667. The van der Waals surface area contributed by atoms with Crippen LogP contribution in [0.2, 0.25) is 0 Å². The van der Waals surface area contributed by atoms with Crippen LogP contribution in [0.15, 0.2) is 12.4 Å². The zero-order chi connectivity index (χ0) is 11.0. The Morgan fingerprint density at radius 1 is 1.19 bits per heavy atom. The average Bonchev–Trinajstić information content (AvgIpc) is 2.81. The number of hydrogen-bond donors (Lipinski definition) is 2. The second-order valence-corrected chi connectivity index (χ2v) is 5.08. The minimum atomic E-state index is 0.569. The minimum absolute atomic E-state index is 0.569. The first kappa shape index (κ1) is 10.0. The molecule has 3 atom stereocenters. The molecular formula is C12H18N4. The second-order valence-electron chi connectivity index (χ2n) is 5.08. The molecule has 1 saturated carbocycles. The van der Waals surface area contributed by atoms with E-state index < -0.39 is 0 Å². The summed E-state index contributed by atoms with van der Waals surface area (Å²) in [4.78, 5) is 8.60. The van der Waals surface area contributed by atoms with Gasteiger partial charge in [0, 0.05) is 18.4 Å². The summed E-state index contributed by atoms with van der Waals surface area (Å²) in [5.74, 6) is 2.51. The molecule has 86 valence electrons. The van der Waals surface area contributed by atoms with Crippen LogP contribution in [0.3, 0.4) is 0 Å². The van der Waals surface area contributed by atoms with Crippen LogP contribution in [0.5, 0.6) is 0 Å². The molecule has 2 N–H and O–H groups in total. The lowest BCUT2D eigenvalue weighted by molar-refractivity contribution is 0.494. The SMILES string of the molecule is Cc1cnc(N[C@@H]2C[C@H]3CNC[C@H]3C2)nc1. The van der Waals surface area contributed by atoms with Gasteiger partial charge in [-0.05, 0) is 50.3 Å². The van der Waals surface area contributed by atoms with Crippen LogP contribution in [0, 0.1) is 18.8 Å². The quantitative estimate of drug-likeness (QED) is 0.783. The van der Waals surface area contributed by atoms with Crippen LogP contribution in [0.4, 0.5) is 5.95 Å². The molecule has 4 heteroatoms. The molecule has 0 spiro atoms. The molecule has 1 saturated heterocycles. The monoisotopic (exact) mass is 218 g/mol. The third-order valence-electron chi connectivity index (χ3n) is 3.77. The van der Waals surface area contributed by atoms with Crippen LogP contribution < -0.4 is 10.6 Å². The van der Waals surface area contributed by atoms with Gasteiger partial charge in [0.15, 0.2) is 0 Å². The maximum Gasteiger partial charge on any atom is 0.222 e. The number of hydrogen-bond acceptors (Lipinski definition) is 4. The van der Waals surface area contributed by atoms with E-state index in [1.807, 2.05) is 19.3 Å². The van der Waals surface area contributed by atoms with Gasteiger partial charge in [0.2, 0.25) is 5.95 Å². The third kappa shape index (κ3) is 1.89. The predicted octanol–water partition coefficient (Wildman–Crippen LogP) is 1.19. The number of nitrogens with one attached hydrogen (secondary N) is 2. The molecule has 0 aromatic carbocycles. The summed E-state index contributed by atoms with van der Waals surface area (Å²) < 4.78 is 0. The molecule has 2 fully saturated rings. The van der Waals surface area contributed by atoms with Gasteiger partial charge in [0.05, 0.1) is 0 Å². The molecule has 3 rings (SSSR count). The molecule has 1 aromatic rings. The number of aryl methyl sites for hydroxylation is 1. The van der Waals surface area contributed by atoms with E-state index in [1.165, 1.54) is 25.9 Å². The number of anilines is 1. The van der Waals surface area contributed by atoms with E-state index in [4.69, 9.17) is 0 Å². The van der Waals surface area contributed by atoms with Crippen molar-refractivity contribution < 1.29 is 0 Å². The van der Waals surface area contributed by atoms with Crippen molar-refractivity contribution in [2.24, 2.45) is 11.8 Å². The zero-order valence-corrected chi connectivity index (χ0v) is 9.61. The molecule has 0 radical (unpaired) electrons. The van der Waals surface area contributed by atoms with E-state index >= 15 is 0 Å². The van der Waals surface area contributed by atoms with Crippen molar-refractivity contribution in [3.63, 3.8) is 0 Å². The van der Waals surface area contributed by atoms with Crippen molar-refractivity contribution in [3.8, 4) is 0 Å². The highest BCUT2D eigenvalue weighted by molar-refractivity contribution is 5.27. The van der Waals surface area contributed by atoms with Gasteiger partial charge in [0.25, 0.3) is 0 Å². The van der Waals surface area contributed by atoms with Crippen molar-refractivity contribution in [3.05, 3.63) is 18.0 Å². The van der Waals surface area contributed by atoms with Gasteiger partial charge in [-0.3, -0.25) is 0 Å². The van der Waals surface area contributed by atoms with Crippen molar-refractivity contribution in [2.45, 2.75) is 25.8 Å². The van der Waals surface area contributed by atoms with Crippen molar-refractivity contribution in [1.82, 2.24) is 15.3 Å². The summed E-state index contributed by atoms with van der Waals surface area (Å²) in [6.07, 6.45) is 6.25. The lowest BCUT2D eigenvalue weighted by Gasteiger charge is -2.13. The van der Waals surface area contributed by atoms with Gasteiger partial charge in [-0.15, -0.1) is 0 Å². The second kappa shape index (κ2) is 4.01. The van der Waals surface area contributed by atoms with Gasteiger partial charge < -0.3 is 10.6 Å². The third-order valence-corrected chi connectivity index (χ3v) is 3.77. The Morgan fingerprint density at radius 3 is 2.44 bits per heavy atom. The maximum absolute atomic E-state index is 4.30. The lowest BCUT2D eigenvalue weighted by atomic mass is 10.0. The van der Waals surface area contributed by atoms with Crippen molar-refractivity contribution in [2.75, 3.05) is 18.4 Å². The molecule has 0 amide bonds. The number of rotatable bonds is 2. The summed E-state index contributed by atoms with van der Waals surface area (Å²) in [6.45, 7) is 4.39. The van der Waals surface area contributed by atoms with E-state index in [-0.39, 0.29) is 0 Å². The standard InChI is InChI=1S/C12H18N4/c1-8-4-14-12(15-5-8)16-11-2-9-6-13-7-10(9)3-11/h4-5,9-11,13H,2-3,6-7H2,1H3,(H,14,15,16)/t9-,10+,11+. The highest BCUT2D eigenvalue weighted by atomic mass is 15.1. The Labute approximate surface area is 95.9 Å². The Kier molecular flexibility index (Phi) is 2.52. The Balaban J connectivity index is 1.62. The zero-order valence-electron chi connectivity index (χ0n) is 9.61. The molecule has 4 nitrogen and oxygen atoms in total. The van der Waals surface area contributed by atoms with Crippen LogP contribution in [-0.2, 0) is 0 Å². The summed E-state index contributed by atoms with van der Waals surface area (Å²) in [7, 11) is 0. The highest BCUT2D eigenvalue weighted by Crippen LogP contribution is 2.35. The largest absolute Gasteiger partial charge is 0.351 e. The highest BCUT2D eigenvalue weighted by Gasteiger charge is 2.37. The van der Waals surface area contributed by atoms with E-state index in [2.05, 4.69) is 20.6 Å². The van der Waals surface area contributed by atoms with Gasteiger partial charge in [0.1, 0.15) is 0 Å². The topological polar surface area (TPSA) is 49.8 Å². The summed E-state index contributed by atoms with van der Waals surface area (Å²) >= 11 is 0. The fourth-order valence-corrected chi connectivity index (χ4v) is 2.93. The average molecular weight is 218 g/mol.